The summed E-state index contributed by atoms with van der Waals surface area (Å²) in [6.07, 6.45) is 4.93. The number of aromatic hydroxyl groups is 1. The maximum atomic E-state index is 15.3. The van der Waals surface area contributed by atoms with E-state index in [4.69, 9.17) is 11.5 Å². The molecule has 4 unspecified atom stereocenters. The van der Waals surface area contributed by atoms with Crippen LogP contribution in [0.1, 0.15) is 118 Å². The van der Waals surface area contributed by atoms with E-state index < -0.39 is 132 Å². The standard InChI is InChI=1S/C71H91F2N13O13S2/c1-85-60(8-2-3-21-74)70(98)78-35-62(89)80-54(27-45-33-77-53-19-16-48(73)30-52(45)53)66(94)81-55(26-44-13-12-43-14-15-47(72)29-51(43)44)67(95)83-57(32-64(91)92)69(97)82-56(31-49-34-76-39-79-49)68(96)84-58(25-40-10-17-50(87)18-11-40)71(99)86-22-5-9-59(86)61(88)28-46(65(75)93)38-101-37-42-7-4-6-41(24-42)36-100-23-20-63(85)90/h4,6-7,10-11,16-19,24,30,33-34,39,43-44,46-47,51,54-60,77,87H,2-3,5,8-9,12-15,20-23,25-29,31-32,35-38,74H2,1H3,(H2,75,93)(H,76,79)(H,78,98)(H,80,89)(H,81,94)(H,82,97)(H,83,95)(H,84,96)(H,91,92)/t43?,44?,46-,47?,51?,54-,55-,56-,57-,58-,59-,60-/m0/s1. The van der Waals surface area contributed by atoms with Gasteiger partial charge in [-0.2, -0.15) is 23.5 Å². The van der Waals surface area contributed by atoms with Crippen LogP contribution in [-0.4, -0.2) is 187 Å². The molecule has 2 aromatic heterocycles. The molecule has 0 radical (unpaired) electrons. The van der Waals surface area contributed by atoms with Gasteiger partial charge in [0.05, 0.1) is 31.3 Å². The molecule has 30 heteroatoms. The molecule has 26 nitrogen and oxygen atoms in total. The largest absolute Gasteiger partial charge is 0.508 e. The van der Waals surface area contributed by atoms with Crippen LogP contribution in [0.3, 0.4) is 0 Å². The Morgan fingerprint density at radius 3 is 2.17 bits per heavy atom. The molecule has 2 saturated carbocycles. The van der Waals surface area contributed by atoms with Crippen LogP contribution in [0.4, 0.5) is 8.78 Å². The van der Waals surface area contributed by atoms with Crippen molar-refractivity contribution in [2.45, 2.75) is 169 Å². The number of ketones is 1. The van der Waals surface area contributed by atoms with E-state index in [0.717, 1.165) is 11.1 Å². The zero-order valence-corrected chi connectivity index (χ0v) is 58.1. The van der Waals surface area contributed by atoms with E-state index in [2.05, 4.69) is 46.9 Å². The Morgan fingerprint density at radius 2 is 1.45 bits per heavy atom. The number of aromatic amines is 2. The number of primary amides is 1. The van der Waals surface area contributed by atoms with Crippen molar-refractivity contribution in [3.05, 3.63) is 119 Å². The number of nitrogens with two attached hydrogens (primary N) is 2. The summed E-state index contributed by atoms with van der Waals surface area (Å²) in [5.74, 6) is -10.0. The number of unbranched alkanes of at least 4 members (excludes halogenated alkanes) is 1. The number of thioether (sulfide) groups is 2. The van der Waals surface area contributed by atoms with E-state index in [1.54, 1.807) is 0 Å². The number of aliphatic carboxylic acids is 1. The number of halogens is 2. The fourth-order valence-electron chi connectivity index (χ4n) is 14.3. The number of H-pyrrole nitrogens is 2. The lowest BCUT2D eigenvalue weighted by molar-refractivity contribution is -0.142. The molecule has 2 bridgehead atoms. The molecule has 1 saturated heterocycles. The molecule has 544 valence electrons. The van der Waals surface area contributed by atoms with Crippen LogP contribution in [0.2, 0.25) is 0 Å². The fourth-order valence-corrected chi connectivity index (χ4v) is 16.2. The smallest absolute Gasteiger partial charge is 0.305 e. The van der Waals surface area contributed by atoms with E-state index in [9.17, 15) is 53.0 Å². The van der Waals surface area contributed by atoms with Gasteiger partial charge >= 0.3 is 5.97 Å². The van der Waals surface area contributed by atoms with Gasteiger partial charge in [0.1, 0.15) is 54.0 Å². The first-order chi connectivity index (χ1) is 48.5. The highest BCUT2D eigenvalue weighted by molar-refractivity contribution is 7.98. The summed E-state index contributed by atoms with van der Waals surface area (Å²) in [5, 5.41) is 36.9. The number of phenols is 1. The number of alkyl halides is 1. The average Bonchev–Trinajstić information content (AvgIpc) is 1.62. The normalized spacial score (nSPS) is 26.5. The molecule has 0 spiro atoms. The zero-order valence-electron chi connectivity index (χ0n) is 56.4. The summed E-state index contributed by atoms with van der Waals surface area (Å²) >= 11 is 2.90. The van der Waals surface area contributed by atoms with Crippen LogP contribution in [0.15, 0.2) is 85.5 Å². The maximum absolute atomic E-state index is 15.3. The summed E-state index contributed by atoms with van der Waals surface area (Å²) in [6.45, 7) is -0.288. The quantitative estimate of drug-likeness (QED) is 0.0661. The van der Waals surface area contributed by atoms with Crippen LogP contribution in [0.25, 0.3) is 10.9 Å². The van der Waals surface area contributed by atoms with Crippen molar-refractivity contribution in [3.63, 3.8) is 0 Å². The highest BCUT2D eigenvalue weighted by atomic mass is 32.2. The number of Topliss-reactive ketones (excluding diaryl/α,β-unsaturated/α-hetero) is 1. The number of imidazole rings is 1. The Bertz CT molecular complexity index is 3750. The zero-order chi connectivity index (χ0) is 72.3. The van der Waals surface area contributed by atoms with E-state index in [1.807, 2.05) is 24.3 Å². The molecule has 2 aliphatic carbocycles. The highest BCUT2D eigenvalue weighted by Crippen LogP contribution is 2.48. The number of aromatic nitrogens is 3. The number of nitrogens with one attached hydrogen (secondary N) is 8. The van der Waals surface area contributed by atoms with Gasteiger partial charge in [-0.15, -0.1) is 0 Å². The molecule has 4 aliphatic rings. The van der Waals surface area contributed by atoms with Gasteiger partial charge in [-0.3, -0.25) is 52.7 Å². The lowest BCUT2D eigenvalue weighted by Crippen LogP contribution is -2.60. The topological polar surface area (TPSA) is 403 Å². The van der Waals surface area contributed by atoms with Crippen LogP contribution in [-0.2, 0) is 83.5 Å². The van der Waals surface area contributed by atoms with Crippen molar-refractivity contribution in [2.24, 2.45) is 35.1 Å². The number of likely N-dealkylation sites (N-methyl/N-ethyl adjacent to an activating group) is 1. The highest BCUT2D eigenvalue weighted by Gasteiger charge is 2.44. The van der Waals surface area contributed by atoms with E-state index in [1.165, 1.54) is 102 Å². The number of carboxylic acid groups (broad SMARTS) is 1. The van der Waals surface area contributed by atoms with Crippen molar-refractivity contribution >= 4 is 99.3 Å². The van der Waals surface area contributed by atoms with Crippen molar-refractivity contribution in [1.29, 1.82) is 0 Å². The van der Waals surface area contributed by atoms with Gasteiger partial charge in [0.2, 0.25) is 53.2 Å². The predicted octanol–water partition coefficient (Wildman–Crippen LogP) is 3.91. The lowest BCUT2D eigenvalue weighted by Gasteiger charge is -2.33. The minimum Gasteiger partial charge on any atom is -0.508 e. The average molecular weight is 1440 g/mol. The van der Waals surface area contributed by atoms with Gasteiger partial charge < -0.3 is 73.3 Å². The SMILES string of the molecule is CN1C(=O)CCSCc2cccc(c2)CSC[C@@H](C(N)=O)CC(=O)[C@@H]2CCCN2C(=O)[C@H](Cc2ccc(O)cc2)NC(=O)[C@H](Cc2cnc[nH]2)NC(=O)[C@H](CC(=O)O)NC(=O)[C@H](CC2CCC3CCC(F)CC32)NC(=O)[C@H](Cc2c[nH]c3ccc(F)cc23)NC(=O)CNC(=O)[C@@H]1CCCCN. The molecular weight excluding hydrogens is 1340 g/mol. The fraction of sp³-hybridized carbons (Fsp3) is 0.521. The third-order valence-corrected chi connectivity index (χ3v) is 21.9. The monoisotopic (exact) mass is 1440 g/mol. The first-order valence-corrected chi connectivity index (χ1v) is 36.8. The number of benzene rings is 3. The number of carbonyl (C=O) groups is 11. The van der Waals surface area contributed by atoms with Gasteiger partial charge in [-0.1, -0.05) is 36.4 Å². The second kappa shape index (κ2) is 36.6. The molecular formula is C71H91F2N13O13S2. The van der Waals surface area contributed by atoms with Crippen LogP contribution >= 0.6 is 23.5 Å². The number of phenolic OH excluding ortho intramolecular Hbond substituents is 1. The van der Waals surface area contributed by atoms with Crippen molar-refractivity contribution in [3.8, 4) is 5.75 Å². The third kappa shape index (κ3) is 21.6. The Morgan fingerprint density at radius 1 is 0.752 bits per heavy atom. The summed E-state index contributed by atoms with van der Waals surface area (Å²) in [4.78, 5) is 170. The summed E-state index contributed by atoms with van der Waals surface area (Å²) in [5.41, 5.74) is 15.3. The Hall–Kier alpha value is -8.90. The number of nitrogens with zero attached hydrogens (tertiary/aromatic N) is 3. The molecule has 5 aromatic rings. The second-order valence-electron chi connectivity index (χ2n) is 26.8. The Balaban J connectivity index is 1.05. The van der Waals surface area contributed by atoms with Gasteiger partial charge in [-0.25, -0.2) is 13.8 Å². The second-order valence-corrected chi connectivity index (χ2v) is 29.0. The maximum Gasteiger partial charge on any atom is 0.305 e. The molecule has 101 heavy (non-hydrogen) atoms. The first kappa shape index (κ1) is 76.3. The molecule has 9 rings (SSSR count). The van der Waals surface area contributed by atoms with Gasteiger partial charge in [0.25, 0.3) is 0 Å². The number of amides is 9. The molecule has 14 N–H and O–H groups in total. The lowest BCUT2D eigenvalue weighted by atomic mass is 9.75. The molecule has 3 aromatic carbocycles. The van der Waals surface area contributed by atoms with Gasteiger partial charge in [0, 0.05) is 97.7 Å². The van der Waals surface area contributed by atoms with Crippen molar-refractivity contribution in [1.82, 2.24) is 56.7 Å². The molecule has 4 heterocycles. The van der Waals surface area contributed by atoms with E-state index >= 15 is 18.8 Å². The van der Waals surface area contributed by atoms with Crippen molar-refractivity contribution in [2.75, 3.05) is 38.2 Å². The van der Waals surface area contributed by atoms with Crippen molar-refractivity contribution < 1.29 is 71.7 Å². The predicted molar refractivity (Wildman–Crippen MR) is 374 cm³/mol. The third-order valence-electron chi connectivity index (χ3n) is 19.7. The number of carbonyl (C=O) groups excluding carboxylic acids is 10. The van der Waals surface area contributed by atoms with Gasteiger partial charge in [0.15, 0.2) is 5.78 Å². The van der Waals surface area contributed by atoms with Gasteiger partial charge in [-0.05, 0) is 148 Å². The molecule has 3 fully saturated rings. The summed E-state index contributed by atoms with van der Waals surface area (Å²) in [7, 11) is 1.50. The Kier molecular flexibility index (Phi) is 27.7. The number of rotatable bonds is 15. The van der Waals surface area contributed by atoms with E-state index in [0.29, 0.717) is 96.5 Å². The Labute approximate surface area is 592 Å². The van der Waals surface area contributed by atoms with Crippen LogP contribution in [0.5, 0.6) is 5.75 Å². The van der Waals surface area contributed by atoms with E-state index in [-0.39, 0.29) is 99.5 Å². The first-order valence-electron chi connectivity index (χ1n) is 34.5. The minimum atomic E-state index is -1.97. The number of fused-ring (bicyclic) bond motifs is 5. The molecule has 2 aliphatic heterocycles. The summed E-state index contributed by atoms with van der Waals surface area (Å²) < 4.78 is 30.2. The molecule has 9 amide bonds. The molecule has 12 atom stereocenters. The number of carboxylic acids is 1. The van der Waals surface area contributed by atoms with Crippen LogP contribution < -0.4 is 43.4 Å². The number of hydrogen-bond acceptors (Lipinski definition) is 16. The number of hydrogen-bond donors (Lipinski definition) is 12. The minimum absolute atomic E-state index is 0.0568. The summed E-state index contributed by atoms with van der Waals surface area (Å²) in [6, 6.07) is 7.26. The van der Waals surface area contributed by atoms with Crippen LogP contribution in [0, 0.1) is 29.5 Å².